The van der Waals surface area contributed by atoms with Gasteiger partial charge < -0.3 is 4.18 Å². The molecule has 9 aromatic rings. The Morgan fingerprint density at radius 2 is 1.19 bits per heavy atom. The number of rotatable bonds is 1. The molecule has 2 amide bonds. The lowest BCUT2D eigenvalue weighted by Gasteiger charge is -2.30. The lowest BCUT2D eigenvalue weighted by atomic mass is 9.83. The molecule has 7 aromatic carbocycles. The molecule has 52 heavy (non-hydrogen) atoms. The number of amides is 2. The zero-order valence-electron chi connectivity index (χ0n) is 29.4. The number of nitrogens with zero attached hydrogens (tertiary/aromatic N) is 3. The summed E-state index contributed by atoms with van der Waals surface area (Å²) in [5.41, 5.74) is 2.27. The summed E-state index contributed by atoms with van der Waals surface area (Å²) in [5, 5.41) is 5.44. The number of fused-ring (bicyclic) bond motifs is 5. The fraction of sp³-hybridized carbons (Fsp3) is 0.143. The monoisotopic (exact) mass is 707 g/mol. The summed E-state index contributed by atoms with van der Waals surface area (Å²) in [5.74, 6) is -1.04. The number of hydrogen-bond acceptors (Lipinski definition) is 7. The van der Waals surface area contributed by atoms with Crippen molar-refractivity contribution >= 4 is 98.2 Å². The first-order valence-corrected chi connectivity index (χ1v) is 18.9. The number of benzene rings is 7. The van der Waals surface area contributed by atoms with Crippen LogP contribution in [0.4, 0.5) is 5.69 Å². The Morgan fingerprint density at radius 1 is 0.577 bits per heavy atom. The zero-order valence-corrected chi connectivity index (χ0v) is 30.2. The van der Waals surface area contributed by atoms with Crippen LogP contribution in [0.5, 0.6) is 5.75 Å². The standard InChI is InChI=1S/C36H15N3O6S.3C2H6/c40-34-20-13-11-17-18-10-12-19-27-22(36(42)39-24-9-5-4-8-23(24)37-33(19)39)15-26-32(30(18)27)31-25(45-46(26,43)44)14-21(28(20)29(17)31)35(41)38(34)16-6-2-1-3-7-16;3*1-2/h1-15H;3*1-2H3. The molecule has 0 aliphatic carbocycles. The van der Waals surface area contributed by atoms with E-state index < -0.39 is 21.9 Å². The Bertz CT molecular complexity index is 3130. The smallest absolute Gasteiger partial charge is 0.339 e. The molecule has 0 saturated heterocycles. The Morgan fingerprint density at radius 3 is 1.92 bits per heavy atom. The van der Waals surface area contributed by atoms with Gasteiger partial charge in [0.05, 0.1) is 27.7 Å². The average Bonchev–Trinajstić information content (AvgIpc) is 3.58. The van der Waals surface area contributed by atoms with E-state index in [1.807, 2.05) is 84.0 Å². The van der Waals surface area contributed by atoms with Crippen LogP contribution in [0.1, 0.15) is 62.3 Å². The number of hydrogen-bond donors (Lipinski definition) is 0. The second-order valence-corrected chi connectivity index (χ2v) is 13.3. The van der Waals surface area contributed by atoms with Gasteiger partial charge in [0.25, 0.3) is 17.4 Å². The van der Waals surface area contributed by atoms with Gasteiger partial charge in [-0.15, -0.1) is 0 Å². The highest BCUT2D eigenvalue weighted by molar-refractivity contribution is 7.87. The van der Waals surface area contributed by atoms with Gasteiger partial charge in [0.15, 0.2) is 5.75 Å². The molecule has 0 saturated carbocycles. The van der Waals surface area contributed by atoms with Gasteiger partial charge >= 0.3 is 10.1 Å². The van der Waals surface area contributed by atoms with E-state index in [4.69, 9.17) is 9.17 Å². The molecule has 0 spiro atoms. The van der Waals surface area contributed by atoms with Gasteiger partial charge in [-0.1, -0.05) is 84.0 Å². The molecule has 2 aromatic heterocycles. The molecule has 10 heteroatoms. The molecule has 0 unspecified atom stereocenters. The molecule has 2 aliphatic heterocycles. The van der Waals surface area contributed by atoms with Crippen LogP contribution in [-0.4, -0.2) is 29.6 Å². The minimum atomic E-state index is -4.42. The van der Waals surface area contributed by atoms with Gasteiger partial charge in [0.2, 0.25) is 0 Å². The topological polar surface area (TPSA) is 115 Å². The van der Waals surface area contributed by atoms with E-state index in [1.54, 1.807) is 36.4 Å². The lowest BCUT2D eigenvalue weighted by Crippen LogP contribution is -2.40. The minimum Gasteiger partial charge on any atom is -0.378 e. The fourth-order valence-electron chi connectivity index (χ4n) is 7.83. The van der Waals surface area contributed by atoms with Crippen LogP contribution in [0.2, 0.25) is 0 Å². The Labute approximate surface area is 298 Å². The number of pyridine rings is 1. The van der Waals surface area contributed by atoms with Gasteiger partial charge in [-0.05, 0) is 59.3 Å². The van der Waals surface area contributed by atoms with Crippen molar-refractivity contribution in [3.05, 3.63) is 112 Å². The number of carbonyl (C=O) groups excluding carboxylic acids is 2. The molecule has 0 fully saturated rings. The SMILES string of the molecule is CC.CC.CC.O=C1c2ccc3c4ccc5c6c(cc7c(c8c(cc(c2c38)C(=O)N1c1ccccc1)OS7(=O)=O)c46)c(=O)n1c2ccccc2nc51. The Hall–Kier alpha value is -6.13. The second kappa shape index (κ2) is 11.7. The molecule has 0 radical (unpaired) electrons. The maximum Gasteiger partial charge on any atom is 0.339 e. The van der Waals surface area contributed by atoms with E-state index in [2.05, 4.69) is 0 Å². The predicted molar refractivity (Wildman–Crippen MR) is 208 cm³/mol. The highest BCUT2D eigenvalue weighted by Crippen LogP contribution is 2.53. The quantitative estimate of drug-likeness (QED) is 0.0723. The van der Waals surface area contributed by atoms with Crippen molar-refractivity contribution in [2.24, 2.45) is 0 Å². The number of anilines is 1. The van der Waals surface area contributed by atoms with Crippen LogP contribution in [0.15, 0.2) is 101 Å². The van der Waals surface area contributed by atoms with Crippen molar-refractivity contribution in [1.82, 2.24) is 9.38 Å². The third-order valence-electron chi connectivity index (χ3n) is 9.62. The molecule has 258 valence electrons. The van der Waals surface area contributed by atoms with Crippen molar-refractivity contribution < 1.29 is 22.2 Å². The van der Waals surface area contributed by atoms with Crippen LogP contribution in [0, 0.1) is 0 Å². The van der Waals surface area contributed by atoms with Crippen molar-refractivity contribution in [2.45, 2.75) is 46.4 Å². The lowest BCUT2D eigenvalue weighted by molar-refractivity contribution is 0.0893. The molecule has 2 aliphatic rings. The normalized spacial score (nSPS) is 14.2. The maximum atomic E-state index is 14.2. The third kappa shape index (κ3) is 4.01. The van der Waals surface area contributed by atoms with E-state index in [9.17, 15) is 22.8 Å². The summed E-state index contributed by atoms with van der Waals surface area (Å²) < 4.78 is 35.1. The summed E-state index contributed by atoms with van der Waals surface area (Å²) in [6, 6.07) is 26.1. The molecule has 0 atom stereocenters. The molecule has 9 nitrogen and oxygen atoms in total. The summed E-state index contributed by atoms with van der Waals surface area (Å²) in [7, 11) is -4.42. The first-order chi connectivity index (χ1) is 25.3. The van der Waals surface area contributed by atoms with Crippen molar-refractivity contribution in [3.63, 3.8) is 0 Å². The van der Waals surface area contributed by atoms with Gasteiger partial charge in [-0.25, -0.2) is 9.88 Å². The van der Waals surface area contributed by atoms with E-state index in [0.717, 1.165) is 4.90 Å². The summed E-state index contributed by atoms with van der Waals surface area (Å²) >= 11 is 0. The fourth-order valence-corrected chi connectivity index (χ4v) is 9.01. The number of imidazole rings is 1. The number of imide groups is 1. The zero-order chi connectivity index (χ0) is 36.8. The largest absolute Gasteiger partial charge is 0.378 e. The van der Waals surface area contributed by atoms with E-state index in [0.29, 0.717) is 76.4 Å². The molecular weight excluding hydrogens is 675 g/mol. The molecule has 11 rings (SSSR count). The van der Waals surface area contributed by atoms with Gasteiger partial charge in [0.1, 0.15) is 10.5 Å². The first kappa shape index (κ1) is 33.0. The number of aromatic nitrogens is 2. The third-order valence-corrected chi connectivity index (χ3v) is 10.9. The molecule has 4 heterocycles. The highest BCUT2D eigenvalue weighted by Gasteiger charge is 2.40. The minimum absolute atomic E-state index is 0.00448. The number of para-hydroxylation sites is 3. The van der Waals surface area contributed by atoms with Gasteiger partial charge in [-0.3, -0.25) is 18.8 Å². The van der Waals surface area contributed by atoms with Crippen LogP contribution in [0.25, 0.3) is 70.5 Å². The van der Waals surface area contributed by atoms with Crippen LogP contribution >= 0.6 is 0 Å². The summed E-state index contributed by atoms with van der Waals surface area (Å²) in [6.07, 6.45) is 0. The second-order valence-electron chi connectivity index (χ2n) is 11.8. The number of carbonyl (C=O) groups is 2. The molecule has 0 N–H and O–H groups in total. The van der Waals surface area contributed by atoms with Crippen molar-refractivity contribution in [3.8, 4) is 5.75 Å². The Balaban J connectivity index is 0.000000616. The van der Waals surface area contributed by atoms with Crippen molar-refractivity contribution in [2.75, 3.05) is 4.90 Å². The van der Waals surface area contributed by atoms with E-state index in [-0.39, 0.29) is 27.2 Å². The Kier molecular flexibility index (Phi) is 7.44. The summed E-state index contributed by atoms with van der Waals surface area (Å²) in [6.45, 7) is 12.0. The predicted octanol–water partition coefficient (Wildman–Crippen LogP) is 9.45. The first-order valence-electron chi connectivity index (χ1n) is 17.5. The molecule has 0 bridgehead atoms. The van der Waals surface area contributed by atoms with E-state index in [1.165, 1.54) is 16.5 Å². The van der Waals surface area contributed by atoms with Crippen LogP contribution in [-0.2, 0) is 10.1 Å². The highest BCUT2D eigenvalue weighted by atomic mass is 32.2. The maximum absolute atomic E-state index is 14.2. The van der Waals surface area contributed by atoms with Gasteiger partial charge in [-0.2, -0.15) is 8.42 Å². The average molecular weight is 708 g/mol. The van der Waals surface area contributed by atoms with Crippen LogP contribution in [0.3, 0.4) is 0 Å². The van der Waals surface area contributed by atoms with E-state index >= 15 is 0 Å². The van der Waals surface area contributed by atoms with Crippen LogP contribution < -0.4 is 14.6 Å². The molecular formula is C42H33N3O6S. The van der Waals surface area contributed by atoms with Gasteiger partial charge in [0, 0.05) is 43.3 Å². The summed E-state index contributed by atoms with van der Waals surface area (Å²) in [4.78, 5) is 48.0. The van der Waals surface area contributed by atoms with Crippen molar-refractivity contribution in [1.29, 1.82) is 0 Å².